The molecule has 0 fully saturated rings. The van der Waals surface area contributed by atoms with E-state index in [4.69, 9.17) is 5.73 Å². The Bertz CT molecular complexity index is 1130. The first kappa shape index (κ1) is 19.5. The summed E-state index contributed by atoms with van der Waals surface area (Å²) in [5.41, 5.74) is 10.9. The Morgan fingerprint density at radius 1 is 1.10 bits per heavy atom. The van der Waals surface area contributed by atoms with Gasteiger partial charge in [0.1, 0.15) is 5.69 Å². The van der Waals surface area contributed by atoms with E-state index in [2.05, 4.69) is 56.9 Å². The molecule has 0 saturated heterocycles. The van der Waals surface area contributed by atoms with E-state index in [1.54, 1.807) is 6.07 Å². The molecule has 0 aliphatic rings. The Hall–Kier alpha value is -3.81. The normalized spacial score (nSPS) is 11.0. The molecule has 0 bridgehead atoms. The van der Waals surface area contributed by atoms with Crippen LogP contribution in [0.5, 0.6) is 0 Å². The molecule has 3 N–H and O–H groups in total. The van der Waals surface area contributed by atoms with E-state index in [1.165, 1.54) is 0 Å². The maximum atomic E-state index is 11.6. The molecule has 2 aromatic carbocycles. The molecular weight excluding hydrogens is 378 g/mol. The monoisotopic (exact) mass is 401 g/mol. The van der Waals surface area contributed by atoms with Crippen molar-refractivity contribution in [1.82, 2.24) is 30.4 Å². The number of aryl methyl sites for hydroxylation is 1. The fourth-order valence-electron chi connectivity index (χ4n) is 3.44. The van der Waals surface area contributed by atoms with Crippen LogP contribution in [0.1, 0.15) is 41.5 Å². The van der Waals surface area contributed by atoms with Crippen LogP contribution in [0.15, 0.2) is 54.6 Å². The molecule has 8 nitrogen and oxygen atoms in total. The average Bonchev–Trinajstić information content (AvgIpc) is 3.43. The number of benzene rings is 2. The van der Waals surface area contributed by atoms with Crippen molar-refractivity contribution in [3.05, 3.63) is 71.5 Å². The number of hydrogen-bond acceptors (Lipinski definition) is 5. The van der Waals surface area contributed by atoms with Gasteiger partial charge in [-0.1, -0.05) is 61.9 Å². The van der Waals surface area contributed by atoms with Crippen LogP contribution in [-0.4, -0.2) is 36.3 Å². The molecule has 0 unspecified atom stereocenters. The Balaban J connectivity index is 1.59. The van der Waals surface area contributed by atoms with Crippen LogP contribution in [-0.2, 0) is 13.0 Å². The second kappa shape index (κ2) is 8.69. The molecule has 1 amide bonds. The van der Waals surface area contributed by atoms with Crippen LogP contribution in [0, 0.1) is 0 Å². The molecule has 0 saturated carbocycles. The highest BCUT2D eigenvalue weighted by Crippen LogP contribution is 2.29. The van der Waals surface area contributed by atoms with Crippen LogP contribution < -0.4 is 5.73 Å². The highest BCUT2D eigenvalue weighted by molar-refractivity contribution is 5.90. The summed E-state index contributed by atoms with van der Waals surface area (Å²) in [6.07, 6.45) is 2.98. The van der Waals surface area contributed by atoms with Crippen LogP contribution in [0.2, 0.25) is 0 Å². The van der Waals surface area contributed by atoms with Gasteiger partial charge in [0.2, 0.25) is 5.82 Å². The van der Waals surface area contributed by atoms with E-state index in [0.717, 1.165) is 47.2 Å². The van der Waals surface area contributed by atoms with Crippen LogP contribution in [0.3, 0.4) is 0 Å². The molecule has 4 rings (SSSR count). The third kappa shape index (κ3) is 4.12. The third-order valence-corrected chi connectivity index (χ3v) is 5.01. The summed E-state index contributed by atoms with van der Waals surface area (Å²) in [6, 6.07) is 18.0. The van der Waals surface area contributed by atoms with E-state index in [1.807, 2.05) is 28.9 Å². The van der Waals surface area contributed by atoms with Crippen molar-refractivity contribution in [2.24, 2.45) is 5.73 Å². The smallest absolute Gasteiger partial charge is 0.269 e. The quantitative estimate of drug-likeness (QED) is 0.470. The number of unbranched alkanes of at least 4 members (excludes halogenated alkanes) is 1. The SMILES string of the molecule is CCCCc1cc(C(N)=O)nn1Cc1ccc(-c2ccccc2-c2nn[nH]n2)cc1. The molecule has 0 aliphatic heterocycles. The van der Waals surface area contributed by atoms with Crippen molar-refractivity contribution in [3.8, 4) is 22.5 Å². The first-order valence-electron chi connectivity index (χ1n) is 9.94. The first-order chi connectivity index (χ1) is 14.7. The second-order valence-electron chi connectivity index (χ2n) is 7.12. The number of hydrogen-bond donors (Lipinski definition) is 2. The molecule has 4 aromatic rings. The van der Waals surface area contributed by atoms with E-state index in [0.29, 0.717) is 18.1 Å². The number of amides is 1. The van der Waals surface area contributed by atoms with Gasteiger partial charge in [0.25, 0.3) is 5.91 Å². The molecule has 0 spiro atoms. The number of carbonyl (C=O) groups excluding carboxylic acids is 1. The molecule has 2 heterocycles. The number of nitrogens with one attached hydrogen (secondary N) is 1. The zero-order valence-corrected chi connectivity index (χ0v) is 16.7. The third-order valence-electron chi connectivity index (χ3n) is 5.01. The Labute approximate surface area is 174 Å². The van der Waals surface area contributed by atoms with Crippen molar-refractivity contribution in [1.29, 1.82) is 0 Å². The van der Waals surface area contributed by atoms with Gasteiger partial charge in [0.05, 0.1) is 6.54 Å². The maximum Gasteiger partial charge on any atom is 0.269 e. The van der Waals surface area contributed by atoms with Crippen molar-refractivity contribution in [2.45, 2.75) is 32.7 Å². The van der Waals surface area contributed by atoms with Crippen molar-refractivity contribution < 1.29 is 4.79 Å². The number of aromatic nitrogens is 6. The minimum atomic E-state index is -0.500. The number of carbonyl (C=O) groups is 1. The van der Waals surface area contributed by atoms with E-state index in [9.17, 15) is 4.79 Å². The molecule has 0 aliphatic carbocycles. The number of H-pyrrole nitrogens is 1. The molecule has 152 valence electrons. The maximum absolute atomic E-state index is 11.6. The second-order valence-corrected chi connectivity index (χ2v) is 7.12. The average molecular weight is 401 g/mol. The Kier molecular flexibility index (Phi) is 5.65. The molecule has 8 heteroatoms. The minimum Gasteiger partial charge on any atom is -0.364 e. The number of tetrazole rings is 1. The van der Waals surface area contributed by atoms with Gasteiger partial charge in [-0.2, -0.15) is 10.3 Å². The molecule has 2 aromatic heterocycles. The topological polar surface area (TPSA) is 115 Å². The lowest BCUT2D eigenvalue weighted by molar-refractivity contribution is 0.0995. The first-order valence-corrected chi connectivity index (χ1v) is 9.94. The Morgan fingerprint density at radius 2 is 1.87 bits per heavy atom. The number of rotatable bonds is 8. The van der Waals surface area contributed by atoms with Crippen molar-refractivity contribution >= 4 is 5.91 Å². The van der Waals surface area contributed by atoms with Gasteiger partial charge in [-0.25, -0.2) is 0 Å². The summed E-state index contributed by atoms with van der Waals surface area (Å²) in [5, 5.41) is 18.8. The van der Waals surface area contributed by atoms with E-state index in [-0.39, 0.29) is 0 Å². The zero-order chi connectivity index (χ0) is 20.9. The van der Waals surface area contributed by atoms with Gasteiger partial charge in [-0.05, 0) is 40.8 Å². The fourth-order valence-corrected chi connectivity index (χ4v) is 3.44. The summed E-state index contributed by atoms with van der Waals surface area (Å²) in [7, 11) is 0. The largest absolute Gasteiger partial charge is 0.364 e. The highest BCUT2D eigenvalue weighted by atomic mass is 16.1. The minimum absolute atomic E-state index is 0.312. The van der Waals surface area contributed by atoms with Gasteiger partial charge < -0.3 is 5.73 Å². The standard InChI is InChI=1S/C22H23N7O/c1-2-3-6-17-13-20(21(23)30)26-29(17)14-15-9-11-16(12-10-15)18-7-4-5-8-19(18)22-24-27-28-25-22/h4-5,7-13H,2-3,6,14H2,1H3,(H2,23,30)(H,24,25,27,28). The molecule has 30 heavy (non-hydrogen) atoms. The van der Waals surface area contributed by atoms with Gasteiger partial charge >= 0.3 is 0 Å². The lowest BCUT2D eigenvalue weighted by Gasteiger charge is -2.10. The van der Waals surface area contributed by atoms with E-state index >= 15 is 0 Å². The Morgan fingerprint density at radius 3 is 2.53 bits per heavy atom. The summed E-state index contributed by atoms with van der Waals surface area (Å²) in [6.45, 7) is 2.72. The number of nitrogens with zero attached hydrogens (tertiary/aromatic N) is 5. The van der Waals surface area contributed by atoms with Gasteiger partial charge in [-0.15, -0.1) is 10.2 Å². The molecular formula is C22H23N7O. The van der Waals surface area contributed by atoms with Crippen LogP contribution >= 0.6 is 0 Å². The van der Waals surface area contributed by atoms with Gasteiger partial charge in [0, 0.05) is 11.3 Å². The summed E-state index contributed by atoms with van der Waals surface area (Å²) >= 11 is 0. The van der Waals surface area contributed by atoms with Crippen LogP contribution in [0.25, 0.3) is 22.5 Å². The highest BCUT2D eigenvalue weighted by Gasteiger charge is 2.13. The zero-order valence-electron chi connectivity index (χ0n) is 16.7. The fraction of sp³-hybridized carbons (Fsp3) is 0.227. The van der Waals surface area contributed by atoms with Crippen molar-refractivity contribution in [2.75, 3.05) is 0 Å². The number of primary amides is 1. The molecule has 0 atom stereocenters. The van der Waals surface area contributed by atoms with Crippen molar-refractivity contribution in [3.63, 3.8) is 0 Å². The van der Waals surface area contributed by atoms with Gasteiger partial charge in [0.15, 0.2) is 0 Å². The molecule has 0 radical (unpaired) electrons. The predicted molar refractivity (Wildman–Crippen MR) is 114 cm³/mol. The predicted octanol–water partition coefficient (Wildman–Crippen LogP) is 3.22. The van der Waals surface area contributed by atoms with Crippen LogP contribution in [0.4, 0.5) is 0 Å². The van der Waals surface area contributed by atoms with E-state index < -0.39 is 5.91 Å². The summed E-state index contributed by atoms with van der Waals surface area (Å²) in [4.78, 5) is 11.6. The summed E-state index contributed by atoms with van der Waals surface area (Å²) in [5.74, 6) is 0.0608. The number of nitrogens with two attached hydrogens (primary N) is 1. The lowest BCUT2D eigenvalue weighted by Crippen LogP contribution is -2.13. The summed E-state index contributed by atoms with van der Waals surface area (Å²) < 4.78 is 1.87. The number of aromatic amines is 1. The van der Waals surface area contributed by atoms with Gasteiger partial charge in [-0.3, -0.25) is 9.48 Å². The lowest BCUT2D eigenvalue weighted by atomic mass is 9.98.